The highest BCUT2D eigenvalue weighted by Crippen LogP contribution is 2.07. The van der Waals surface area contributed by atoms with Crippen molar-refractivity contribution >= 4 is 0 Å². The molecule has 1 rings (SSSR count). The van der Waals surface area contributed by atoms with E-state index in [0.717, 1.165) is 19.5 Å². The van der Waals surface area contributed by atoms with E-state index in [2.05, 4.69) is 10.2 Å². The van der Waals surface area contributed by atoms with E-state index in [0.29, 0.717) is 6.54 Å². The largest absolute Gasteiger partial charge is 0.393 e. The Balaban J connectivity index is 1.92. The van der Waals surface area contributed by atoms with Crippen molar-refractivity contribution in [2.45, 2.75) is 31.8 Å². The van der Waals surface area contributed by atoms with Gasteiger partial charge < -0.3 is 20.4 Å². The zero-order chi connectivity index (χ0) is 11.1. The summed E-state index contributed by atoms with van der Waals surface area (Å²) in [6, 6.07) is 0. The molecule has 4 nitrogen and oxygen atoms in total. The molecule has 0 aromatic rings. The lowest BCUT2D eigenvalue weighted by atomic mass is 10.1. The molecule has 1 saturated heterocycles. The molecule has 1 aliphatic rings. The zero-order valence-electron chi connectivity index (χ0n) is 9.71. The quantitative estimate of drug-likeness (QED) is 0.516. The van der Waals surface area contributed by atoms with Crippen LogP contribution >= 0.6 is 0 Å². The van der Waals surface area contributed by atoms with Crippen LogP contribution in [0.3, 0.4) is 0 Å². The predicted molar refractivity (Wildman–Crippen MR) is 60.9 cm³/mol. The lowest BCUT2D eigenvalue weighted by molar-refractivity contribution is 0.00280. The number of aliphatic hydroxyl groups is 2. The maximum absolute atomic E-state index is 9.51. The first kappa shape index (κ1) is 12.9. The molecule has 0 spiro atoms. The summed E-state index contributed by atoms with van der Waals surface area (Å²) >= 11 is 0. The SMILES string of the molecule is CC(O)(CO)CNCCCN1CCCC1. The highest BCUT2D eigenvalue weighted by molar-refractivity contribution is 4.74. The smallest absolute Gasteiger partial charge is 0.0972 e. The Bertz CT molecular complexity index is 168. The van der Waals surface area contributed by atoms with Gasteiger partial charge >= 0.3 is 0 Å². The van der Waals surface area contributed by atoms with Crippen LogP contribution in [-0.2, 0) is 0 Å². The molecule has 15 heavy (non-hydrogen) atoms. The molecular formula is C11H24N2O2. The molecule has 1 unspecified atom stereocenters. The summed E-state index contributed by atoms with van der Waals surface area (Å²) in [5, 5.41) is 21.5. The third-order valence-corrected chi connectivity index (χ3v) is 2.87. The average Bonchev–Trinajstić information content (AvgIpc) is 2.70. The Labute approximate surface area is 92.3 Å². The monoisotopic (exact) mass is 216 g/mol. The van der Waals surface area contributed by atoms with E-state index >= 15 is 0 Å². The summed E-state index contributed by atoms with van der Waals surface area (Å²) in [5.41, 5.74) is -0.979. The van der Waals surface area contributed by atoms with Crippen molar-refractivity contribution < 1.29 is 10.2 Å². The molecule has 1 aliphatic heterocycles. The second kappa shape index (κ2) is 6.43. The molecule has 4 heteroatoms. The summed E-state index contributed by atoms with van der Waals surface area (Å²) < 4.78 is 0. The minimum absolute atomic E-state index is 0.188. The van der Waals surface area contributed by atoms with E-state index in [4.69, 9.17) is 5.11 Å². The molecule has 0 saturated carbocycles. The van der Waals surface area contributed by atoms with Crippen molar-refractivity contribution in [1.82, 2.24) is 10.2 Å². The number of rotatable bonds is 7. The summed E-state index contributed by atoms with van der Waals surface area (Å²) in [6.07, 6.45) is 3.79. The Hall–Kier alpha value is -0.160. The van der Waals surface area contributed by atoms with Crippen molar-refractivity contribution in [2.75, 3.05) is 39.3 Å². The first-order valence-electron chi connectivity index (χ1n) is 5.90. The third-order valence-electron chi connectivity index (χ3n) is 2.87. The molecule has 0 radical (unpaired) electrons. The maximum Gasteiger partial charge on any atom is 0.0972 e. The summed E-state index contributed by atoms with van der Waals surface area (Å²) in [4.78, 5) is 2.48. The van der Waals surface area contributed by atoms with E-state index in [1.807, 2.05) is 0 Å². The zero-order valence-corrected chi connectivity index (χ0v) is 9.71. The van der Waals surface area contributed by atoms with E-state index in [1.165, 1.54) is 25.9 Å². The molecule has 1 fully saturated rings. The van der Waals surface area contributed by atoms with E-state index in [-0.39, 0.29) is 6.61 Å². The second-order valence-corrected chi connectivity index (χ2v) is 4.73. The van der Waals surface area contributed by atoms with Gasteiger partial charge in [-0.25, -0.2) is 0 Å². The normalized spacial score (nSPS) is 21.8. The fraction of sp³-hybridized carbons (Fsp3) is 1.00. The fourth-order valence-corrected chi connectivity index (χ4v) is 1.85. The number of likely N-dealkylation sites (tertiary alicyclic amines) is 1. The standard InChI is InChI=1S/C11H24N2O2/c1-11(15,10-14)9-12-5-4-8-13-6-2-3-7-13/h12,14-15H,2-10H2,1H3. The Kier molecular flexibility index (Phi) is 5.53. The fourth-order valence-electron chi connectivity index (χ4n) is 1.85. The van der Waals surface area contributed by atoms with Gasteiger partial charge in [0.2, 0.25) is 0 Å². The topological polar surface area (TPSA) is 55.7 Å². The minimum Gasteiger partial charge on any atom is -0.393 e. The number of hydrogen-bond donors (Lipinski definition) is 3. The number of aliphatic hydroxyl groups excluding tert-OH is 1. The lowest BCUT2D eigenvalue weighted by Gasteiger charge is -2.21. The molecular weight excluding hydrogens is 192 g/mol. The molecule has 90 valence electrons. The number of hydrogen-bond acceptors (Lipinski definition) is 4. The van der Waals surface area contributed by atoms with Crippen molar-refractivity contribution in [3.8, 4) is 0 Å². The lowest BCUT2D eigenvalue weighted by Crippen LogP contribution is -2.41. The maximum atomic E-state index is 9.51. The minimum atomic E-state index is -0.979. The number of nitrogens with one attached hydrogen (secondary N) is 1. The summed E-state index contributed by atoms with van der Waals surface area (Å²) in [6.45, 7) is 6.46. The van der Waals surface area contributed by atoms with Crippen LogP contribution in [0.1, 0.15) is 26.2 Å². The molecule has 1 atom stereocenters. The molecule has 0 aromatic heterocycles. The van der Waals surface area contributed by atoms with Gasteiger partial charge in [-0.15, -0.1) is 0 Å². The Morgan fingerprint density at radius 2 is 2.00 bits per heavy atom. The van der Waals surface area contributed by atoms with Crippen LogP contribution < -0.4 is 5.32 Å². The molecule has 0 amide bonds. The van der Waals surface area contributed by atoms with E-state index in [1.54, 1.807) is 6.92 Å². The van der Waals surface area contributed by atoms with Crippen LogP contribution in [0.25, 0.3) is 0 Å². The van der Waals surface area contributed by atoms with Gasteiger partial charge in [-0.3, -0.25) is 0 Å². The molecule has 1 heterocycles. The van der Waals surface area contributed by atoms with Crippen LogP contribution in [-0.4, -0.2) is 60.0 Å². The molecule has 3 N–H and O–H groups in total. The van der Waals surface area contributed by atoms with Gasteiger partial charge in [0.05, 0.1) is 12.2 Å². The van der Waals surface area contributed by atoms with E-state index in [9.17, 15) is 5.11 Å². The van der Waals surface area contributed by atoms with Crippen LogP contribution in [0, 0.1) is 0 Å². The van der Waals surface area contributed by atoms with Crippen molar-refractivity contribution in [3.63, 3.8) is 0 Å². The van der Waals surface area contributed by atoms with Gasteiger partial charge in [0.1, 0.15) is 0 Å². The first-order chi connectivity index (χ1) is 7.14. The van der Waals surface area contributed by atoms with Crippen molar-refractivity contribution in [2.24, 2.45) is 0 Å². The van der Waals surface area contributed by atoms with Gasteiger partial charge in [0, 0.05) is 6.54 Å². The van der Waals surface area contributed by atoms with Crippen LogP contribution in [0.5, 0.6) is 0 Å². The average molecular weight is 216 g/mol. The molecule has 0 aliphatic carbocycles. The van der Waals surface area contributed by atoms with Gasteiger partial charge in [0.15, 0.2) is 0 Å². The van der Waals surface area contributed by atoms with Crippen LogP contribution in [0.15, 0.2) is 0 Å². The van der Waals surface area contributed by atoms with Gasteiger partial charge in [-0.1, -0.05) is 0 Å². The molecule has 0 aromatic carbocycles. The van der Waals surface area contributed by atoms with Gasteiger partial charge in [0.25, 0.3) is 0 Å². The van der Waals surface area contributed by atoms with Crippen molar-refractivity contribution in [3.05, 3.63) is 0 Å². The summed E-state index contributed by atoms with van der Waals surface area (Å²) in [5.74, 6) is 0. The second-order valence-electron chi connectivity index (χ2n) is 4.73. The Morgan fingerprint density at radius 1 is 1.33 bits per heavy atom. The van der Waals surface area contributed by atoms with Gasteiger partial charge in [-0.05, 0) is 52.4 Å². The third kappa shape index (κ3) is 5.47. The predicted octanol–water partition coefficient (Wildman–Crippen LogP) is -0.195. The highest BCUT2D eigenvalue weighted by Gasteiger charge is 2.17. The highest BCUT2D eigenvalue weighted by atomic mass is 16.3. The molecule has 0 bridgehead atoms. The Morgan fingerprint density at radius 3 is 2.60 bits per heavy atom. The van der Waals surface area contributed by atoms with Crippen molar-refractivity contribution in [1.29, 1.82) is 0 Å². The van der Waals surface area contributed by atoms with Crippen LogP contribution in [0.2, 0.25) is 0 Å². The van der Waals surface area contributed by atoms with Gasteiger partial charge in [-0.2, -0.15) is 0 Å². The van der Waals surface area contributed by atoms with E-state index < -0.39 is 5.60 Å². The van der Waals surface area contributed by atoms with Crippen LogP contribution in [0.4, 0.5) is 0 Å². The summed E-state index contributed by atoms with van der Waals surface area (Å²) in [7, 11) is 0. The number of nitrogens with zero attached hydrogens (tertiary/aromatic N) is 1. The first-order valence-corrected chi connectivity index (χ1v) is 5.90.